The predicted molar refractivity (Wildman–Crippen MR) is 73.8 cm³/mol. The van der Waals surface area contributed by atoms with Crippen LogP contribution in [0.25, 0.3) is 0 Å². The number of fused-ring (bicyclic) bond motifs is 2. The van der Waals surface area contributed by atoms with Gasteiger partial charge in [-0.25, -0.2) is 0 Å². The minimum absolute atomic E-state index is 0.135. The Balaban J connectivity index is 1.90. The first-order valence-electron chi connectivity index (χ1n) is 6.65. The number of aromatic nitrogens is 1. The van der Waals surface area contributed by atoms with E-state index in [1.165, 1.54) is 19.3 Å². The van der Waals surface area contributed by atoms with Crippen molar-refractivity contribution in [2.75, 3.05) is 6.54 Å². The maximum Gasteiger partial charge on any atom is 0.103 e. The molecule has 0 radical (unpaired) electrons. The minimum atomic E-state index is -0.522. The summed E-state index contributed by atoms with van der Waals surface area (Å²) < 4.78 is 0.938. The Kier molecular flexibility index (Phi) is 3.20. The molecule has 1 aromatic rings. The summed E-state index contributed by atoms with van der Waals surface area (Å²) in [6, 6.07) is 3.83. The molecule has 3 rings (SSSR count). The molecule has 2 fully saturated rings. The maximum absolute atomic E-state index is 10.7. The van der Waals surface area contributed by atoms with Crippen molar-refractivity contribution in [2.45, 2.75) is 31.8 Å². The number of aliphatic hydroxyl groups excluding tert-OH is 1. The molecule has 0 aliphatic heterocycles. The SMILES string of the molecule is NCC1(C(O)c2ccc(Br)cn2)CC2CCC1C2. The molecule has 0 aromatic carbocycles. The van der Waals surface area contributed by atoms with Crippen molar-refractivity contribution < 1.29 is 5.11 Å². The Morgan fingerprint density at radius 1 is 1.50 bits per heavy atom. The molecule has 1 heterocycles. The van der Waals surface area contributed by atoms with Crippen LogP contribution in [0.2, 0.25) is 0 Å². The van der Waals surface area contributed by atoms with Gasteiger partial charge in [0, 0.05) is 22.6 Å². The van der Waals surface area contributed by atoms with Crippen LogP contribution in [-0.4, -0.2) is 16.6 Å². The molecular formula is C14H19BrN2O. The summed E-state index contributed by atoms with van der Waals surface area (Å²) in [6.07, 6.45) is 6.06. The first kappa shape index (κ1) is 12.6. The van der Waals surface area contributed by atoms with Crippen LogP contribution in [-0.2, 0) is 0 Å². The van der Waals surface area contributed by atoms with Crippen molar-refractivity contribution >= 4 is 15.9 Å². The number of nitrogens with zero attached hydrogens (tertiary/aromatic N) is 1. The molecular weight excluding hydrogens is 292 g/mol. The van der Waals surface area contributed by atoms with Gasteiger partial charge < -0.3 is 10.8 Å². The van der Waals surface area contributed by atoms with Crippen LogP contribution in [0.15, 0.2) is 22.8 Å². The lowest BCUT2D eigenvalue weighted by atomic mass is 9.68. The number of hydrogen-bond donors (Lipinski definition) is 2. The molecule has 0 saturated heterocycles. The average Bonchev–Trinajstić information content (AvgIpc) is 2.99. The molecule has 2 aliphatic carbocycles. The highest BCUT2D eigenvalue weighted by Crippen LogP contribution is 2.60. The lowest BCUT2D eigenvalue weighted by Gasteiger charge is -2.40. The molecule has 2 bridgehead atoms. The van der Waals surface area contributed by atoms with Gasteiger partial charge in [0.05, 0.1) is 5.69 Å². The Morgan fingerprint density at radius 3 is 2.83 bits per heavy atom. The summed E-state index contributed by atoms with van der Waals surface area (Å²) >= 11 is 3.37. The largest absolute Gasteiger partial charge is 0.386 e. The number of rotatable bonds is 3. The molecule has 2 aliphatic rings. The van der Waals surface area contributed by atoms with Crippen LogP contribution >= 0.6 is 15.9 Å². The summed E-state index contributed by atoms with van der Waals surface area (Å²) in [5.41, 5.74) is 6.65. The van der Waals surface area contributed by atoms with Gasteiger partial charge in [0.2, 0.25) is 0 Å². The molecule has 3 N–H and O–H groups in total. The highest BCUT2D eigenvalue weighted by molar-refractivity contribution is 9.10. The summed E-state index contributed by atoms with van der Waals surface area (Å²) in [7, 11) is 0. The van der Waals surface area contributed by atoms with Crippen molar-refractivity contribution in [1.82, 2.24) is 4.98 Å². The third-order valence-corrected chi connectivity index (χ3v) is 5.45. The van der Waals surface area contributed by atoms with E-state index in [1.54, 1.807) is 6.20 Å². The van der Waals surface area contributed by atoms with Crippen molar-refractivity contribution in [3.05, 3.63) is 28.5 Å². The fourth-order valence-corrected chi connectivity index (χ4v) is 4.26. The standard InChI is InChI=1S/C14H19BrN2O/c15-11-3-4-12(17-7-11)13(18)14(8-16)6-9-1-2-10(14)5-9/h3-4,7,9-10,13,18H,1-2,5-6,8,16H2. The predicted octanol–water partition coefficient (Wildman–Crippen LogP) is 2.64. The van der Waals surface area contributed by atoms with E-state index in [2.05, 4.69) is 20.9 Å². The van der Waals surface area contributed by atoms with Gasteiger partial charge in [-0.2, -0.15) is 0 Å². The molecule has 4 unspecified atom stereocenters. The highest BCUT2D eigenvalue weighted by atomic mass is 79.9. The second-order valence-corrected chi connectivity index (χ2v) is 6.74. The van der Waals surface area contributed by atoms with Crippen LogP contribution in [0, 0.1) is 17.3 Å². The topological polar surface area (TPSA) is 59.1 Å². The minimum Gasteiger partial charge on any atom is -0.386 e. The zero-order valence-corrected chi connectivity index (χ0v) is 11.9. The Bertz CT molecular complexity index is 436. The smallest absolute Gasteiger partial charge is 0.103 e. The quantitative estimate of drug-likeness (QED) is 0.902. The van der Waals surface area contributed by atoms with Gasteiger partial charge in [-0.15, -0.1) is 0 Å². The third-order valence-electron chi connectivity index (χ3n) is 4.98. The van der Waals surface area contributed by atoms with Gasteiger partial charge in [-0.1, -0.05) is 6.42 Å². The molecule has 98 valence electrons. The summed E-state index contributed by atoms with van der Waals surface area (Å²) in [4.78, 5) is 4.35. The van der Waals surface area contributed by atoms with E-state index >= 15 is 0 Å². The average molecular weight is 311 g/mol. The van der Waals surface area contributed by atoms with E-state index in [9.17, 15) is 5.11 Å². The van der Waals surface area contributed by atoms with Crippen molar-refractivity contribution in [1.29, 1.82) is 0 Å². The lowest BCUT2D eigenvalue weighted by molar-refractivity contribution is -0.0157. The normalized spacial score (nSPS) is 35.9. The third kappa shape index (κ3) is 1.82. The second kappa shape index (κ2) is 4.58. The first-order valence-corrected chi connectivity index (χ1v) is 7.44. The van der Waals surface area contributed by atoms with Crippen molar-refractivity contribution in [2.24, 2.45) is 23.0 Å². The molecule has 2 saturated carbocycles. The van der Waals surface area contributed by atoms with Gasteiger partial charge >= 0.3 is 0 Å². The number of hydrogen-bond acceptors (Lipinski definition) is 3. The van der Waals surface area contributed by atoms with Crippen LogP contribution < -0.4 is 5.73 Å². The summed E-state index contributed by atoms with van der Waals surface area (Å²) in [5, 5.41) is 10.7. The molecule has 0 amide bonds. The van der Waals surface area contributed by atoms with Gasteiger partial charge in [0.15, 0.2) is 0 Å². The Labute approximate surface area is 116 Å². The molecule has 3 nitrogen and oxygen atoms in total. The van der Waals surface area contributed by atoms with E-state index in [4.69, 9.17) is 5.73 Å². The van der Waals surface area contributed by atoms with Crippen molar-refractivity contribution in [3.63, 3.8) is 0 Å². The van der Waals surface area contributed by atoms with E-state index in [0.29, 0.717) is 12.5 Å². The molecule has 1 aromatic heterocycles. The van der Waals surface area contributed by atoms with E-state index in [-0.39, 0.29) is 5.41 Å². The fraction of sp³-hybridized carbons (Fsp3) is 0.643. The van der Waals surface area contributed by atoms with Crippen LogP contribution in [0.4, 0.5) is 0 Å². The maximum atomic E-state index is 10.7. The zero-order chi connectivity index (χ0) is 12.8. The van der Waals surface area contributed by atoms with Gasteiger partial charge in [0.1, 0.15) is 6.10 Å². The lowest BCUT2D eigenvalue weighted by Crippen LogP contribution is -2.41. The van der Waals surface area contributed by atoms with Crippen LogP contribution in [0.1, 0.15) is 37.5 Å². The second-order valence-electron chi connectivity index (χ2n) is 5.82. The number of pyridine rings is 1. The zero-order valence-electron chi connectivity index (χ0n) is 10.3. The number of nitrogens with two attached hydrogens (primary N) is 1. The van der Waals surface area contributed by atoms with Crippen LogP contribution in [0.3, 0.4) is 0 Å². The first-order chi connectivity index (χ1) is 8.65. The van der Waals surface area contributed by atoms with Crippen LogP contribution in [0.5, 0.6) is 0 Å². The molecule has 4 atom stereocenters. The highest BCUT2D eigenvalue weighted by Gasteiger charge is 2.54. The molecule has 0 spiro atoms. The fourth-order valence-electron chi connectivity index (χ4n) is 4.03. The Hall–Kier alpha value is -0.450. The molecule has 4 heteroatoms. The monoisotopic (exact) mass is 310 g/mol. The molecule has 18 heavy (non-hydrogen) atoms. The van der Waals surface area contributed by atoms with E-state index < -0.39 is 6.10 Å². The van der Waals surface area contributed by atoms with Gasteiger partial charge in [-0.05, 0) is 59.2 Å². The van der Waals surface area contributed by atoms with Gasteiger partial charge in [0.25, 0.3) is 0 Å². The number of aliphatic hydroxyl groups is 1. The van der Waals surface area contributed by atoms with Crippen molar-refractivity contribution in [3.8, 4) is 0 Å². The Morgan fingerprint density at radius 2 is 2.33 bits per heavy atom. The summed E-state index contributed by atoms with van der Waals surface area (Å²) in [6.45, 7) is 0.563. The van der Waals surface area contributed by atoms with Gasteiger partial charge in [-0.3, -0.25) is 4.98 Å². The summed E-state index contributed by atoms with van der Waals surface area (Å²) in [5.74, 6) is 1.34. The van der Waals surface area contributed by atoms with E-state index in [0.717, 1.165) is 22.5 Å². The number of halogens is 1. The van der Waals surface area contributed by atoms with E-state index in [1.807, 2.05) is 12.1 Å².